The smallest absolute Gasteiger partial charge is 0.264 e. The molecule has 0 fully saturated rings. The van der Waals surface area contributed by atoms with Crippen LogP contribution in [0.15, 0.2) is 211 Å². The van der Waals surface area contributed by atoms with E-state index in [9.17, 15) is 50.5 Å². The van der Waals surface area contributed by atoms with Crippen LogP contribution in [0, 0.1) is 83.1 Å². The number of aromatic nitrogens is 12. The Morgan fingerprint density at radius 3 is 0.371 bits per heavy atom. The molecular formula is C84H78N24O18S6. The molecule has 0 aliphatic rings. The Labute approximate surface area is 755 Å². The van der Waals surface area contributed by atoms with E-state index < -0.39 is 192 Å². The van der Waals surface area contributed by atoms with Crippen molar-refractivity contribution >= 4 is 165 Å². The van der Waals surface area contributed by atoms with Gasteiger partial charge >= 0.3 is 0 Å². The van der Waals surface area contributed by atoms with Gasteiger partial charge in [-0.15, -0.1) is 0 Å². The highest BCUT2D eigenvalue weighted by Crippen LogP contribution is 2.37. The summed E-state index contributed by atoms with van der Waals surface area (Å²) in [5, 5.41) is 14.9. The van der Waals surface area contributed by atoms with Crippen LogP contribution >= 0.6 is 0 Å². The van der Waals surface area contributed by atoms with Crippen molar-refractivity contribution in [2.45, 2.75) is 112 Å². The maximum Gasteiger partial charge on any atom is 0.264 e. The van der Waals surface area contributed by atoms with Crippen LogP contribution in [0.5, 0.6) is 0 Å². The number of hydrogen-bond donors (Lipinski definition) is 12. The lowest BCUT2D eigenvalue weighted by molar-refractivity contribution is 0.0949. The molecule has 0 radical (unpaired) electrons. The van der Waals surface area contributed by atoms with Gasteiger partial charge in [0.1, 0.15) is 0 Å². The third-order valence-corrected chi connectivity index (χ3v) is 26.7. The average molecular weight is 1900 g/mol. The van der Waals surface area contributed by atoms with Gasteiger partial charge in [0.05, 0.1) is 62.8 Å². The SMILES string of the molecule is Cc1cc(C)nc(NS(=O)(=O)c2ccc(NC(=O)c3c(C(=O)Nc4ccc(S(=O)(=O)Nc5nc(C)cc(C)n5)cc4)c(C(=O)Nc4ccc(S(=O)(=O)Nc5nc(C)cc(C)n5)cc4)c(C(=O)Nc4ccc(S(=O)(=O)Nc5nc(C)cc(C)n5)cc4)c(C(=O)Nc4ccc(S(=O)(=O)Nc5nc(C)cc(C)n5)cc4)c3C(=O)Nc3ccc(S(=O)(=O)Nc4nc(C)cc(C)n4)cc3)cc2)n1. The highest BCUT2D eigenvalue weighted by molar-refractivity contribution is 7.94. The predicted molar refractivity (Wildman–Crippen MR) is 487 cm³/mol. The standard InChI is InChI=1S/C84H78N24O18S6/c1-43-37-44(2)86-79(85-43)103-127(115,116)61-25-13-55(14-26-61)97-73(109)67-68(74(110)98-56-15-27-62(28-16-56)128(117,118)104-80-87-45(3)38-46(4)88-80)70(76(112)100-58-19-31-64(32-20-58)130(121,122)106-82-91-49(7)40-50(8)92-82)72(78(114)102-60-23-35-66(36-24-60)132(125,126)108-84-95-53(11)42-54(12)96-84)71(77(113)101-59-21-33-65(34-22-59)131(123,124)107-83-93-51(9)41-52(10)94-83)69(67)75(111)99-57-17-29-63(30-18-57)129(119,120)105-81-89-47(5)39-48(6)90-81/h13-42H,1-12H3,(H,97,109)(H,98,110)(H,99,111)(H,100,112)(H,101,113)(H,102,114)(H,85,86,103)(H,87,88,104)(H,89,90,105)(H,91,92,106)(H,93,94,107)(H,95,96,108). The van der Waals surface area contributed by atoms with Crippen molar-refractivity contribution in [2.24, 2.45) is 0 Å². The van der Waals surface area contributed by atoms with Gasteiger partial charge in [0.2, 0.25) is 35.7 Å². The molecular weight excluding hydrogens is 1830 g/mol. The molecule has 0 bridgehead atoms. The molecule has 42 nitrogen and oxygen atoms in total. The topological polar surface area (TPSA) is 606 Å². The first-order valence-electron chi connectivity index (χ1n) is 38.9. The number of carbonyl (C=O) groups excluding carboxylic acids is 6. The Morgan fingerprint density at radius 2 is 0.273 bits per heavy atom. The zero-order valence-electron chi connectivity index (χ0n) is 71.5. The monoisotopic (exact) mass is 1900 g/mol. The Balaban J connectivity index is 1.06. The van der Waals surface area contributed by atoms with E-state index in [-0.39, 0.29) is 35.7 Å². The van der Waals surface area contributed by atoms with Crippen LogP contribution in [0.25, 0.3) is 0 Å². The number of aryl methyl sites for hydroxylation is 12. The Morgan fingerprint density at radius 1 is 0.174 bits per heavy atom. The number of nitrogens with zero attached hydrogens (tertiary/aromatic N) is 12. The van der Waals surface area contributed by atoms with E-state index in [1.54, 1.807) is 119 Å². The number of benzene rings is 7. The van der Waals surface area contributed by atoms with E-state index in [1.165, 1.54) is 0 Å². The molecule has 0 saturated carbocycles. The lowest BCUT2D eigenvalue weighted by Crippen LogP contribution is -2.36. The van der Waals surface area contributed by atoms with Gasteiger partial charge in [-0.2, -0.15) is 0 Å². The van der Waals surface area contributed by atoms with Gasteiger partial charge in [0.15, 0.2) is 0 Å². The molecule has 0 aliphatic heterocycles. The Kier molecular flexibility index (Phi) is 26.7. The second kappa shape index (κ2) is 37.6. The van der Waals surface area contributed by atoms with Gasteiger partial charge in [-0.25, -0.2) is 139 Å². The Bertz CT molecular complexity index is 6320. The van der Waals surface area contributed by atoms with Crippen LogP contribution in [-0.4, -0.2) is 146 Å². The minimum Gasteiger partial charge on any atom is -0.322 e. The van der Waals surface area contributed by atoms with Gasteiger partial charge < -0.3 is 31.9 Å². The first kappa shape index (κ1) is 94.0. The molecule has 48 heteroatoms. The largest absolute Gasteiger partial charge is 0.322 e. The van der Waals surface area contributed by atoms with Gasteiger partial charge in [-0.05, 0) is 265 Å². The minimum absolute atomic E-state index is 0.328. The van der Waals surface area contributed by atoms with Crippen LogP contribution in [0.2, 0.25) is 0 Å². The van der Waals surface area contributed by atoms with Crippen LogP contribution in [0.4, 0.5) is 69.8 Å². The van der Waals surface area contributed by atoms with E-state index in [0.29, 0.717) is 68.3 Å². The fraction of sp³-hybridized carbons (Fsp3) is 0.143. The van der Waals surface area contributed by atoms with E-state index in [2.05, 4.69) is 120 Å². The molecule has 132 heavy (non-hydrogen) atoms. The molecule has 13 rings (SSSR count). The summed E-state index contributed by atoms with van der Waals surface area (Å²) in [5.41, 5.74) is -5.84. The summed E-state index contributed by atoms with van der Waals surface area (Å²) in [6.07, 6.45) is 0. The molecule has 0 atom stereocenters. The summed E-state index contributed by atoms with van der Waals surface area (Å²) in [4.78, 5) is 147. The van der Waals surface area contributed by atoms with Crippen molar-refractivity contribution in [1.82, 2.24) is 59.8 Å². The summed E-state index contributed by atoms with van der Waals surface area (Å²) < 4.78 is 183. The molecule has 6 heterocycles. The van der Waals surface area contributed by atoms with Gasteiger partial charge in [0.25, 0.3) is 95.6 Å². The molecule has 6 aromatic heterocycles. The number of sulfonamides is 6. The lowest BCUT2D eigenvalue weighted by atomic mass is 9.83. The highest BCUT2D eigenvalue weighted by atomic mass is 32.2. The molecule has 7 aromatic carbocycles. The average Bonchev–Trinajstić information content (AvgIpc) is 0.721. The highest BCUT2D eigenvalue weighted by Gasteiger charge is 2.42. The van der Waals surface area contributed by atoms with E-state index in [1.807, 2.05) is 0 Å². The van der Waals surface area contributed by atoms with Crippen LogP contribution in [0.3, 0.4) is 0 Å². The maximum absolute atomic E-state index is 16.6. The third kappa shape index (κ3) is 22.7. The van der Waals surface area contributed by atoms with Crippen molar-refractivity contribution in [3.63, 3.8) is 0 Å². The van der Waals surface area contributed by atoms with E-state index >= 15 is 28.8 Å². The number of rotatable bonds is 30. The predicted octanol–water partition coefficient (Wildman–Crippen LogP) is 10.4. The fourth-order valence-corrected chi connectivity index (χ4v) is 18.9. The van der Waals surface area contributed by atoms with Crippen LogP contribution in [-0.2, 0) is 60.1 Å². The zero-order chi connectivity index (χ0) is 95.4. The number of carbonyl (C=O) groups is 6. The van der Waals surface area contributed by atoms with Crippen molar-refractivity contribution in [3.05, 3.63) is 284 Å². The van der Waals surface area contributed by atoms with Crippen molar-refractivity contribution in [1.29, 1.82) is 0 Å². The first-order valence-corrected chi connectivity index (χ1v) is 47.8. The summed E-state index contributed by atoms with van der Waals surface area (Å²) in [6.45, 7) is 19.1. The van der Waals surface area contributed by atoms with Gasteiger partial charge in [0, 0.05) is 102 Å². The minimum atomic E-state index is -4.60. The van der Waals surface area contributed by atoms with Gasteiger partial charge in [-0.3, -0.25) is 28.8 Å². The summed E-state index contributed by atoms with van der Waals surface area (Å²) in [5.74, 6) is -12.0. The van der Waals surface area contributed by atoms with Crippen molar-refractivity contribution in [2.75, 3.05) is 60.2 Å². The Hall–Kier alpha value is -15.7. The van der Waals surface area contributed by atoms with Crippen molar-refractivity contribution < 1.29 is 79.3 Å². The molecule has 6 amide bonds. The third-order valence-electron chi connectivity index (χ3n) is 18.6. The zero-order valence-corrected chi connectivity index (χ0v) is 76.4. The lowest BCUT2D eigenvalue weighted by Gasteiger charge is -2.25. The first-order chi connectivity index (χ1) is 62.1. The number of anilines is 12. The van der Waals surface area contributed by atoms with Crippen molar-refractivity contribution in [3.8, 4) is 0 Å². The number of amides is 6. The van der Waals surface area contributed by atoms with Crippen LogP contribution in [0.1, 0.15) is 130 Å². The number of nitrogens with one attached hydrogen (secondary N) is 12. The summed E-state index contributed by atoms with van der Waals surface area (Å²) in [7, 11) is -27.6. The van der Waals surface area contributed by atoms with Crippen LogP contribution < -0.4 is 60.2 Å². The normalized spacial score (nSPS) is 11.7. The molecule has 13 aromatic rings. The molecule has 0 aliphatic carbocycles. The molecule has 678 valence electrons. The second-order valence-corrected chi connectivity index (χ2v) is 39.7. The summed E-state index contributed by atoms with van der Waals surface area (Å²) >= 11 is 0. The van der Waals surface area contributed by atoms with Gasteiger partial charge in [-0.1, -0.05) is 0 Å². The van der Waals surface area contributed by atoms with E-state index in [0.717, 1.165) is 146 Å². The molecule has 0 spiro atoms. The molecule has 0 saturated heterocycles. The summed E-state index contributed by atoms with van der Waals surface area (Å²) in [6, 6.07) is 33.6. The maximum atomic E-state index is 16.6. The quantitative estimate of drug-likeness (QED) is 0.0199. The fourth-order valence-electron chi connectivity index (χ4n) is 13.3. The number of hydrogen-bond acceptors (Lipinski definition) is 30. The van der Waals surface area contributed by atoms with E-state index in [4.69, 9.17) is 0 Å². The molecule has 12 N–H and O–H groups in total. The molecule has 0 unspecified atom stereocenters. The second-order valence-electron chi connectivity index (χ2n) is 29.6.